The Morgan fingerprint density at radius 3 is 2.60 bits per heavy atom. The molecule has 0 aromatic carbocycles. The highest BCUT2D eigenvalue weighted by Gasteiger charge is 2.35. The van der Waals surface area contributed by atoms with Gasteiger partial charge in [-0.05, 0) is 33.1 Å². The van der Waals surface area contributed by atoms with Crippen LogP contribution in [0.5, 0.6) is 0 Å². The number of nitrogens with zero attached hydrogens (tertiary/aromatic N) is 1. The lowest BCUT2D eigenvalue weighted by Gasteiger charge is -2.41. The molecule has 1 aromatic rings. The van der Waals surface area contributed by atoms with Crippen molar-refractivity contribution in [2.75, 3.05) is 6.61 Å². The van der Waals surface area contributed by atoms with E-state index in [-0.39, 0.29) is 12.1 Å². The highest BCUT2D eigenvalue weighted by molar-refractivity contribution is 5.21. The van der Waals surface area contributed by atoms with Crippen LogP contribution in [0.25, 0.3) is 0 Å². The van der Waals surface area contributed by atoms with E-state index in [4.69, 9.17) is 4.52 Å². The molecule has 1 aromatic heterocycles. The topological polar surface area (TPSA) is 58.3 Å². The van der Waals surface area contributed by atoms with Crippen LogP contribution in [0, 0.1) is 13.8 Å². The highest BCUT2D eigenvalue weighted by Crippen LogP contribution is 2.31. The fraction of sp³-hybridized carbons (Fsp3) is 0.727. The maximum Gasteiger partial charge on any atom is 0.138 e. The van der Waals surface area contributed by atoms with Gasteiger partial charge < -0.3 is 14.9 Å². The molecule has 0 saturated heterocycles. The van der Waals surface area contributed by atoms with Gasteiger partial charge in [0.15, 0.2) is 0 Å². The number of aliphatic hydroxyl groups is 1. The molecule has 1 aliphatic rings. The predicted molar refractivity (Wildman–Crippen MR) is 56.5 cm³/mol. The Bertz CT molecular complexity index is 317. The van der Waals surface area contributed by atoms with E-state index in [0.717, 1.165) is 36.4 Å². The summed E-state index contributed by atoms with van der Waals surface area (Å²) in [4.78, 5) is 0. The van der Waals surface area contributed by atoms with E-state index in [9.17, 15) is 5.11 Å². The first-order valence-electron chi connectivity index (χ1n) is 5.44. The Morgan fingerprint density at radius 1 is 1.47 bits per heavy atom. The van der Waals surface area contributed by atoms with E-state index in [1.807, 2.05) is 13.8 Å². The molecule has 2 rings (SSSR count). The van der Waals surface area contributed by atoms with Gasteiger partial charge in [-0.1, -0.05) is 5.16 Å². The van der Waals surface area contributed by atoms with Crippen molar-refractivity contribution in [2.24, 2.45) is 0 Å². The summed E-state index contributed by atoms with van der Waals surface area (Å²) in [5.41, 5.74) is 2.01. The van der Waals surface area contributed by atoms with Gasteiger partial charge in [-0.2, -0.15) is 0 Å². The molecular weight excluding hydrogens is 192 g/mol. The van der Waals surface area contributed by atoms with Crippen LogP contribution in [0.15, 0.2) is 4.52 Å². The molecule has 0 atom stereocenters. The third-order valence-corrected chi connectivity index (χ3v) is 3.43. The summed E-state index contributed by atoms with van der Waals surface area (Å²) in [5.74, 6) is 0.868. The Labute approximate surface area is 89.7 Å². The molecule has 1 saturated carbocycles. The lowest BCUT2D eigenvalue weighted by molar-refractivity contribution is 0.0870. The predicted octanol–water partition coefficient (Wildman–Crippen LogP) is 1.30. The van der Waals surface area contributed by atoms with Crippen LogP contribution in [0.2, 0.25) is 0 Å². The molecule has 0 amide bonds. The largest absolute Gasteiger partial charge is 0.394 e. The van der Waals surface area contributed by atoms with E-state index < -0.39 is 0 Å². The van der Waals surface area contributed by atoms with Crippen LogP contribution < -0.4 is 5.32 Å². The zero-order chi connectivity index (χ0) is 10.9. The fourth-order valence-corrected chi connectivity index (χ4v) is 2.02. The van der Waals surface area contributed by atoms with Crippen molar-refractivity contribution in [1.82, 2.24) is 10.5 Å². The first kappa shape index (κ1) is 10.6. The zero-order valence-electron chi connectivity index (χ0n) is 9.34. The average Bonchev–Trinajstić information content (AvgIpc) is 2.47. The molecular formula is C11H18N2O2. The van der Waals surface area contributed by atoms with Crippen LogP contribution in [-0.2, 0) is 6.54 Å². The third-order valence-electron chi connectivity index (χ3n) is 3.43. The summed E-state index contributed by atoms with van der Waals surface area (Å²) in [7, 11) is 0. The van der Waals surface area contributed by atoms with Crippen LogP contribution in [0.3, 0.4) is 0 Å². The summed E-state index contributed by atoms with van der Waals surface area (Å²) >= 11 is 0. The fourth-order valence-electron chi connectivity index (χ4n) is 2.02. The molecule has 1 fully saturated rings. The minimum atomic E-state index is -0.0455. The molecule has 0 spiro atoms. The van der Waals surface area contributed by atoms with Gasteiger partial charge in [-0.3, -0.25) is 0 Å². The van der Waals surface area contributed by atoms with Gasteiger partial charge in [0.05, 0.1) is 12.3 Å². The van der Waals surface area contributed by atoms with Gasteiger partial charge in [0.2, 0.25) is 0 Å². The van der Waals surface area contributed by atoms with Crippen molar-refractivity contribution in [2.45, 2.75) is 45.2 Å². The highest BCUT2D eigenvalue weighted by atomic mass is 16.5. The summed E-state index contributed by atoms with van der Waals surface area (Å²) in [6.45, 7) is 4.82. The summed E-state index contributed by atoms with van der Waals surface area (Å²) in [5, 5.41) is 16.6. The lowest BCUT2D eigenvalue weighted by Crippen LogP contribution is -2.53. The maximum atomic E-state index is 9.30. The van der Waals surface area contributed by atoms with Crippen molar-refractivity contribution in [3.8, 4) is 0 Å². The van der Waals surface area contributed by atoms with Crippen molar-refractivity contribution in [3.63, 3.8) is 0 Å². The quantitative estimate of drug-likeness (QED) is 0.786. The molecule has 0 unspecified atom stereocenters. The van der Waals surface area contributed by atoms with E-state index in [1.54, 1.807) is 0 Å². The number of nitrogens with one attached hydrogen (secondary N) is 1. The second-order valence-corrected chi connectivity index (χ2v) is 4.45. The Balaban J connectivity index is 1.98. The van der Waals surface area contributed by atoms with Gasteiger partial charge in [0.1, 0.15) is 5.76 Å². The van der Waals surface area contributed by atoms with Gasteiger partial charge in [0, 0.05) is 17.6 Å². The molecule has 0 aliphatic heterocycles. The third kappa shape index (κ3) is 1.92. The van der Waals surface area contributed by atoms with E-state index in [2.05, 4.69) is 10.5 Å². The van der Waals surface area contributed by atoms with Crippen LogP contribution in [-0.4, -0.2) is 22.4 Å². The van der Waals surface area contributed by atoms with Gasteiger partial charge in [-0.25, -0.2) is 0 Å². The number of aromatic nitrogens is 1. The van der Waals surface area contributed by atoms with Crippen molar-refractivity contribution < 1.29 is 9.63 Å². The van der Waals surface area contributed by atoms with Crippen LogP contribution >= 0.6 is 0 Å². The monoisotopic (exact) mass is 210 g/mol. The van der Waals surface area contributed by atoms with Gasteiger partial charge in [-0.15, -0.1) is 0 Å². The van der Waals surface area contributed by atoms with E-state index in [1.165, 1.54) is 6.42 Å². The molecule has 0 bridgehead atoms. The van der Waals surface area contributed by atoms with E-state index in [0.29, 0.717) is 0 Å². The van der Waals surface area contributed by atoms with E-state index >= 15 is 0 Å². The standard InChI is InChI=1S/C11H18N2O2/c1-8-10(9(2)15-13-8)6-12-11(7-14)4-3-5-11/h12,14H,3-7H2,1-2H3. The van der Waals surface area contributed by atoms with Crippen LogP contribution in [0.1, 0.15) is 36.3 Å². The molecule has 1 aliphatic carbocycles. The van der Waals surface area contributed by atoms with Gasteiger partial charge >= 0.3 is 0 Å². The lowest BCUT2D eigenvalue weighted by atomic mass is 9.77. The minimum absolute atomic E-state index is 0.0455. The maximum absolute atomic E-state index is 9.30. The Kier molecular flexibility index (Phi) is 2.80. The SMILES string of the molecule is Cc1noc(C)c1CNC1(CO)CCC1. The summed E-state index contributed by atoms with van der Waals surface area (Å²) < 4.78 is 5.09. The number of hydrogen-bond acceptors (Lipinski definition) is 4. The van der Waals surface area contributed by atoms with Crippen LogP contribution in [0.4, 0.5) is 0 Å². The molecule has 15 heavy (non-hydrogen) atoms. The first-order valence-corrected chi connectivity index (χ1v) is 5.44. The second kappa shape index (κ2) is 3.94. The number of aryl methyl sites for hydroxylation is 2. The average molecular weight is 210 g/mol. The van der Waals surface area contributed by atoms with Crippen molar-refractivity contribution >= 4 is 0 Å². The molecule has 0 radical (unpaired) electrons. The van der Waals surface area contributed by atoms with Crippen molar-refractivity contribution in [1.29, 1.82) is 0 Å². The van der Waals surface area contributed by atoms with Crippen molar-refractivity contribution in [3.05, 3.63) is 17.0 Å². The Hall–Kier alpha value is -0.870. The molecule has 84 valence electrons. The molecule has 2 N–H and O–H groups in total. The zero-order valence-corrected chi connectivity index (χ0v) is 9.34. The van der Waals surface area contributed by atoms with Gasteiger partial charge in [0.25, 0.3) is 0 Å². The molecule has 4 nitrogen and oxygen atoms in total. The smallest absolute Gasteiger partial charge is 0.138 e. The summed E-state index contributed by atoms with van der Waals surface area (Å²) in [6, 6.07) is 0. The molecule has 4 heteroatoms. The Morgan fingerprint density at radius 2 is 2.20 bits per heavy atom. The number of hydrogen-bond donors (Lipinski definition) is 2. The first-order chi connectivity index (χ1) is 7.17. The molecule has 1 heterocycles. The summed E-state index contributed by atoms with van der Waals surface area (Å²) in [6.07, 6.45) is 3.33. The number of rotatable bonds is 4. The normalized spacial score (nSPS) is 18.9. The minimum Gasteiger partial charge on any atom is -0.394 e. The number of aliphatic hydroxyl groups excluding tert-OH is 1. The second-order valence-electron chi connectivity index (χ2n) is 4.45.